The lowest BCUT2D eigenvalue weighted by Gasteiger charge is -2.24. The first kappa shape index (κ1) is 10.4. The lowest BCUT2D eigenvalue weighted by molar-refractivity contribution is -0.125. The van der Waals surface area contributed by atoms with E-state index in [1.54, 1.807) is 6.92 Å². The van der Waals surface area contributed by atoms with Gasteiger partial charge in [-0.05, 0) is 25.2 Å². The van der Waals surface area contributed by atoms with Crippen LogP contribution in [0.5, 0.6) is 0 Å². The zero-order valence-electron chi connectivity index (χ0n) is 8.89. The third kappa shape index (κ3) is 1.67. The zero-order chi connectivity index (χ0) is 10.3. The zero-order valence-corrected chi connectivity index (χ0v) is 8.89. The molecule has 1 rings (SSSR count). The molecule has 0 heterocycles. The highest BCUT2D eigenvalue weighted by atomic mass is 16.1. The van der Waals surface area contributed by atoms with Gasteiger partial charge in [-0.3, -0.25) is 4.79 Å². The topological polar surface area (TPSA) is 34.1 Å². The summed E-state index contributed by atoms with van der Waals surface area (Å²) in [6, 6.07) is 0. The van der Waals surface area contributed by atoms with Crippen LogP contribution >= 0.6 is 0 Å². The van der Waals surface area contributed by atoms with Gasteiger partial charge in [-0.25, -0.2) is 0 Å². The molecule has 1 aliphatic carbocycles. The second-order valence-electron chi connectivity index (χ2n) is 5.23. The monoisotopic (exact) mass is 182 g/mol. The maximum absolute atomic E-state index is 11.4. The molecule has 0 bridgehead atoms. The van der Waals surface area contributed by atoms with Crippen molar-refractivity contribution in [2.24, 2.45) is 16.7 Å². The van der Waals surface area contributed by atoms with Crippen molar-refractivity contribution in [1.82, 2.24) is 0 Å². The van der Waals surface area contributed by atoms with Crippen molar-refractivity contribution in [1.29, 1.82) is 0 Å². The van der Waals surface area contributed by atoms with E-state index in [4.69, 9.17) is 0 Å². The van der Waals surface area contributed by atoms with Crippen LogP contribution in [0.25, 0.3) is 0 Å². The van der Waals surface area contributed by atoms with Crippen LogP contribution < -0.4 is 0 Å². The molecule has 0 aromatic carbocycles. The Hall–Kier alpha value is -0.660. The number of aldehydes is 1. The van der Waals surface area contributed by atoms with Gasteiger partial charge in [0.1, 0.15) is 12.1 Å². The van der Waals surface area contributed by atoms with Crippen molar-refractivity contribution in [3.8, 4) is 0 Å². The number of Topliss-reactive ketones (excluding diaryl/α,β-unsaturated/α-hetero) is 1. The molecule has 0 radical (unpaired) electrons. The molecular formula is C11H18O2. The number of hydrogen-bond donors (Lipinski definition) is 0. The van der Waals surface area contributed by atoms with E-state index in [-0.39, 0.29) is 22.5 Å². The van der Waals surface area contributed by atoms with Crippen LogP contribution in [-0.2, 0) is 9.59 Å². The predicted molar refractivity (Wildman–Crippen MR) is 51.4 cm³/mol. The van der Waals surface area contributed by atoms with Crippen LogP contribution in [-0.4, -0.2) is 12.1 Å². The van der Waals surface area contributed by atoms with Crippen molar-refractivity contribution < 1.29 is 9.59 Å². The minimum absolute atomic E-state index is 0.0117. The Labute approximate surface area is 79.7 Å². The third-order valence-electron chi connectivity index (χ3n) is 3.53. The van der Waals surface area contributed by atoms with Crippen LogP contribution in [0.3, 0.4) is 0 Å². The number of ketones is 1. The Morgan fingerprint density at radius 3 is 2.15 bits per heavy atom. The quantitative estimate of drug-likeness (QED) is 0.614. The summed E-state index contributed by atoms with van der Waals surface area (Å²) in [7, 11) is 0. The van der Waals surface area contributed by atoms with E-state index in [1.807, 2.05) is 6.92 Å². The van der Waals surface area contributed by atoms with Crippen LogP contribution in [0.1, 0.15) is 40.5 Å². The summed E-state index contributed by atoms with van der Waals surface area (Å²) in [6.45, 7) is 7.74. The van der Waals surface area contributed by atoms with E-state index in [1.165, 1.54) is 0 Å². The predicted octanol–water partition coefficient (Wildman–Crippen LogP) is 2.22. The van der Waals surface area contributed by atoms with Gasteiger partial charge < -0.3 is 4.79 Å². The smallest absolute Gasteiger partial charge is 0.135 e. The van der Waals surface area contributed by atoms with Gasteiger partial charge in [0.05, 0.1) is 0 Å². The summed E-state index contributed by atoms with van der Waals surface area (Å²) in [6.07, 6.45) is 2.56. The second kappa shape index (κ2) is 2.93. The van der Waals surface area contributed by atoms with Crippen molar-refractivity contribution in [2.45, 2.75) is 40.5 Å². The van der Waals surface area contributed by atoms with Crippen LogP contribution in [0.2, 0.25) is 0 Å². The average molecular weight is 182 g/mol. The molecule has 0 saturated heterocycles. The largest absolute Gasteiger partial charge is 0.303 e. The second-order valence-corrected chi connectivity index (χ2v) is 5.23. The molecule has 1 fully saturated rings. The van der Waals surface area contributed by atoms with Gasteiger partial charge in [0, 0.05) is 11.3 Å². The van der Waals surface area contributed by atoms with Crippen molar-refractivity contribution in [2.75, 3.05) is 0 Å². The van der Waals surface area contributed by atoms with Gasteiger partial charge >= 0.3 is 0 Å². The van der Waals surface area contributed by atoms with Gasteiger partial charge in [0.25, 0.3) is 0 Å². The number of hydrogen-bond acceptors (Lipinski definition) is 2. The van der Waals surface area contributed by atoms with Crippen LogP contribution in [0.15, 0.2) is 0 Å². The minimum Gasteiger partial charge on any atom is -0.303 e. The standard InChI is InChI=1S/C11H18O2/c1-8(13)11(4)5-9(6-12)10(2,3)7-11/h6,9H,5,7H2,1-4H3. The SMILES string of the molecule is CC(=O)C1(C)CC(C=O)C(C)(C)C1. The van der Waals surface area contributed by atoms with E-state index in [0.29, 0.717) is 0 Å². The summed E-state index contributed by atoms with van der Waals surface area (Å²) in [5.74, 6) is 0.256. The van der Waals surface area contributed by atoms with Crippen LogP contribution in [0, 0.1) is 16.7 Å². The molecule has 74 valence electrons. The normalized spacial score (nSPS) is 37.4. The molecule has 2 atom stereocenters. The lowest BCUT2D eigenvalue weighted by atomic mass is 9.80. The fourth-order valence-electron chi connectivity index (χ4n) is 2.47. The summed E-state index contributed by atoms with van der Waals surface area (Å²) in [5, 5.41) is 0. The molecule has 2 heteroatoms. The Bertz CT molecular complexity index is 242. The fourth-order valence-corrected chi connectivity index (χ4v) is 2.47. The molecule has 1 aliphatic rings. The summed E-state index contributed by atoms with van der Waals surface area (Å²) < 4.78 is 0. The summed E-state index contributed by atoms with van der Waals surface area (Å²) >= 11 is 0. The molecular weight excluding hydrogens is 164 g/mol. The molecule has 0 aromatic rings. The number of rotatable bonds is 2. The molecule has 13 heavy (non-hydrogen) atoms. The van der Waals surface area contributed by atoms with Gasteiger partial charge in [-0.15, -0.1) is 0 Å². The molecule has 2 nitrogen and oxygen atoms in total. The van der Waals surface area contributed by atoms with E-state index in [9.17, 15) is 9.59 Å². The molecule has 1 saturated carbocycles. The molecule has 0 amide bonds. The summed E-state index contributed by atoms with van der Waals surface area (Å²) in [4.78, 5) is 22.2. The maximum Gasteiger partial charge on any atom is 0.135 e. The van der Waals surface area contributed by atoms with Crippen molar-refractivity contribution in [3.63, 3.8) is 0 Å². The van der Waals surface area contributed by atoms with Gasteiger partial charge in [-0.1, -0.05) is 20.8 Å². The Morgan fingerprint density at radius 1 is 1.38 bits per heavy atom. The van der Waals surface area contributed by atoms with E-state index >= 15 is 0 Å². The Morgan fingerprint density at radius 2 is 1.92 bits per heavy atom. The molecule has 0 spiro atoms. The third-order valence-corrected chi connectivity index (χ3v) is 3.53. The average Bonchev–Trinajstić information content (AvgIpc) is 2.22. The first-order valence-electron chi connectivity index (χ1n) is 4.78. The summed E-state index contributed by atoms with van der Waals surface area (Å²) in [5.41, 5.74) is -0.281. The Balaban J connectivity index is 2.91. The van der Waals surface area contributed by atoms with E-state index < -0.39 is 0 Å². The molecule has 0 aliphatic heterocycles. The number of carbonyl (C=O) groups excluding carboxylic acids is 2. The highest BCUT2D eigenvalue weighted by Gasteiger charge is 2.49. The molecule has 2 unspecified atom stereocenters. The van der Waals surface area contributed by atoms with Crippen LogP contribution in [0.4, 0.5) is 0 Å². The molecule has 0 aromatic heterocycles. The van der Waals surface area contributed by atoms with E-state index in [2.05, 4.69) is 13.8 Å². The maximum atomic E-state index is 11.4. The highest BCUT2D eigenvalue weighted by Crippen LogP contribution is 2.52. The highest BCUT2D eigenvalue weighted by molar-refractivity contribution is 5.83. The minimum atomic E-state index is -0.269. The lowest BCUT2D eigenvalue weighted by Crippen LogP contribution is -2.23. The first-order valence-corrected chi connectivity index (χ1v) is 4.78. The van der Waals surface area contributed by atoms with Crippen molar-refractivity contribution >= 4 is 12.1 Å². The first-order chi connectivity index (χ1) is 5.82. The Kier molecular flexibility index (Phi) is 2.35. The van der Waals surface area contributed by atoms with E-state index in [0.717, 1.165) is 19.1 Å². The fraction of sp³-hybridized carbons (Fsp3) is 0.818. The van der Waals surface area contributed by atoms with Gasteiger partial charge in [-0.2, -0.15) is 0 Å². The molecule has 0 N–H and O–H groups in total. The van der Waals surface area contributed by atoms with Crippen molar-refractivity contribution in [3.05, 3.63) is 0 Å². The van der Waals surface area contributed by atoms with Gasteiger partial charge in [0.2, 0.25) is 0 Å². The number of carbonyl (C=O) groups is 2. The van der Waals surface area contributed by atoms with Gasteiger partial charge in [0.15, 0.2) is 0 Å².